The molecule has 0 aromatic carbocycles. The summed E-state index contributed by atoms with van der Waals surface area (Å²) in [6.45, 7) is 2.12. The van der Waals surface area contributed by atoms with E-state index in [1.807, 2.05) is 31.5 Å². The van der Waals surface area contributed by atoms with Crippen LogP contribution >= 0.6 is 0 Å². The van der Waals surface area contributed by atoms with Crippen LogP contribution in [0.2, 0.25) is 0 Å². The van der Waals surface area contributed by atoms with Crippen LogP contribution < -0.4 is 16.4 Å². The standard InChI is InChI=1S/C13H18N4/c1-13(17-10-4-3-7-16-9-10)6-5-12(15-2)11(14)8-13/h3-7,9,15,17H,8,14H2,1-2H3. The fourth-order valence-corrected chi connectivity index (χ4v) is 2.02. The van der Waals surface area contributed by atoms with Crippen LogP contribution in [0, 0.1) is 0 Å². The average molecular weight is 230 g/mol. The van der Waals surface area contributed by atoms with Crippen LogP contribution in [0.3, 0.4) is 0 Å². The van der Waals surface area contributed by atoms with E-state index in [4.69, 9.17) is 5.73 Å². The average Bonchev–Trinajstić information content (AvgIpc) is 2.30. The molecule has 1 unspecified atom stereocenters. The van der Waals surface area contributed by atoms with Crippen molar-refractivity contribution in [2.24, 2.45) is 5.73 Å². The third-order valence-electron chi connectivity index (χ3n) is 2.88. The van der Waals surface area contributed by atoms with Crippen LogP contribution in [0.1, 0.15) is 13.3 Å². The summed E-state index contributed by atoms with van der Waals surface area (Å²) in [7, 11) is 1.88. The molecule has 1 aliphatic rings. The van der Waals surface area contributed by atoms with E-state index in [0.717, 1.165) is 23.5 Å². The maximum absolute atomic E-state index is 6.03. The van der Waals surface area contributed by atoms with E-state index in [9.17, 15) is 0 Å². The number of nitrogens with one attached hydrogen (secondary N) is 2. The van der Waals surface area contributed by atoms with E-state index in [-0.39, 0.29) is 5.54 Å². The van der Waals surface area contributed by atoms with Gasteiger partial charge in [0.1, 0.15) is 0 Å². The molecule has 0 spiro atoms. The molecule has 0 saturated heterocycles. The Morgan fingerprint density at radius 3 is 2.88 bits per heavy atom. The first-order valence-corrected chi connectivity index (χ1v) is 5.67. The molecule has 4 heteroatoms. The highest BCUT2D eigenvalue weighted by Crippen LogP contribution is 2.26. The Morgan fingerprint density at radius 2 is 2.29 bits per heavy atom. The molecule has 1 aromatic heterocycles. The molecule has 4 N–H and O–H groups in total. The number of likely N-dealkylation sites (N-methyl/N-ethyl adjacent to an activating group) is 1. The van der Waals surface area contributed by atoms with Gasteiger partial charge < -0.3 is 16.4 Å². The summed E-state index contributed by atoms with van der Waals surface area (Å²) >= 11 is 0. The van der Waals surface area contributed by atoms with Crippen LogP contribution in [0.15, 0.2) is 48.1 Å². The van der Waals surface area contributed by atoms with Crippen molar-refractivity contribution in [1.82, 2.24) is 10.3 Å². The van der Waals surface area contributed by atoms with Gasteiger partial charge >= 0.3 is 0 Å². The number of pyridine rings is 1. The summed E-state index contributed by atoms with van der Waals surface area (Å²) in [6, 6.07) is 3.91. The molecule has 2 rings (SSSR count). The minimum atomic E-state index is -0.159. The number of aromatic nitrogens is 1. The number of hydrogen-bond donors (Lipinski definition) is 3. The summed E-state index contributed by atoms with van der Waals surface area (Å²) in [6.07, 6.45) is 8.49. The van der Waals surface area contributed by atoms with Crippen LogP contribution in [0.4, 0.5) is 5.69 Å². The Bertz CT molecular complexity index is 450. The molecule has 0 aliphatic heterocycles. The molecule has 0 amide bonds. The highest BCUT2D eigenvalue weighted by Gasteiger charge is 2.25. The second-order valence-corrected chi connectivity index (χ2v) is 4.48. The number of hydrogen-bond acceptors (Lipinski definition) is 4. The van der Waals surface area contributed by atoms with Gasteiger partial charge in [0.15, 0.2) is 0 Å². The van der Waals surface area contributed by atoms with Gasteiger partial charge in [0.25, 0.3) is 0 Å². The molecule has 1 heterocycles. The van der Waals surface area contributed by atoms with Crippen molar-refractivity contribution in [2.45, 2.75) is 18.9 Å². The van der Waals surface area contributed by atoms with Gasteiger partial charge in [0, 0.05) is 31.6 Å². The Balaban J connectivity index is 2.14. The first-order chi connectivity index (χ1) is 8.13. The van der Waals surface area contributed by atoms with Crippen molar-refractivity contribution in [3.63, 3.8) is 0 Å². The second-order valence-electron chi connectivity index (χ2n) is 4.48. The zero-order valence-corrected chi connectivity index (χ0v) is 10.2. The normalized spacial score (nSPS) is 23.6. The fourth-order valence-electron chi connectivity index (χ4n) is 2.02. The lowest BCUT2D eigenvalue weighted by atomic mass is 9.90. The summed E-state index contributed by atoms with van der Waals surface area (Å²) in [5, 5.41) is 6.52. The molecule has 4 nitrogen and oxygen atoms in total. The maximum atomic E-state index is 6.03. The number of rotatable bonds is 3. The number of nitrogens with zero attached hydrogens (tertiary/aromatic N) is 1. The van der Waals surface area contributed by atoms with Crippen LogP contribution in [0.5, 0.6) is 0 Å². The van der Waals surface area contributed by atoms with Crippen molar-refractivity contribution < 1.29 is 0 Å². The first kappa shape index (κ1) is 11.5. The van der Waals surface area contributed by atoms with Gasteiger partial charge in [-0.15, -0.1) is 0 Å². The van der Waals surface area contributed by atoms with Crippen LogP contribution in [-0.2, 0) is 0 Å². The molecule has 0 saturated carbocycles. The van der Waals surface area contributed by atoms with E-state index < -0.39 is 0 Å². The third-order valence-corrected chi connectivity index (χ3v) is 2.88. The number of allylic oxidation sites excluding steroid dienone is 1. The van der Waals surface area contributed by atoms with Crippen molar-refractivity contribution in [3.05, 3.63) is 48.1 Å². The van der Waals surface area contributed by atoms with E-state index in [0.29, 0.717) is 0 Å². The zero-order valence-electron chi connectivity index (χ0n) is 10.2. The summed E-state index contributed by atoms with van der Waals surface area (Å²) in [5.41, 5.74) is 8.74. The van der Waals surface area contributed by atoms with E-state index in [1.54, 1.807) is 6.20 Å². The number of nitrogens with two attached hydrogens (primary N) is 1. The molecule has 0 radical (unpaired) electrons. The highest BCUT2D eigenvalue weighted by molar-refractivity contribution is 5.47. The van der Waals surface area contributed by atoms with Gasteiger partial charge in [-0.2, -0.15) is 0 Å². The molecule has 1 aromatic rings. The fraction of sp³-hybridized carbons (Fsp3) is 0.308. The Labute approximate surface area is 102 Å². The van der Waals surface area contributed by atoms with Crippen molar-refractivity contribution in [2.75, 3.05) is 12.4 Å². The van der Waals surface area contributed by atoms with Gasteiger partial charge in [-0.25, -0.2) is 0 Å². The van der Waals surface area contributed by atoms with E-state index in [1.165, 1.54) is 0 Å². The largest absolute Gasteiger partial charge is 0.400 e. The molecule has 1 aliphatic carbocycles. The molecule has 0 bridgehead atoms. The van der Waals surface area contributed by atoms with Gasteiger partial charge in [-0.05, 0) is 25.1 Å². The quantitative estimate of drug-likeness (QED) is 0.738. The summed E-state index contributed by atoms with van der Waals surface area (Å²) in [5.74, 6) is 0. The molecule has 0 fully saturated rings. The lowest BCUT2D eigenvalue weighted by molar-refractivity contribution is 0.605. The van der Waals surface area contributed by atoms with Gasteiger partial charge in [0.2, 0.25) is 0 Å². The minimum absolute atomic E-state index is 0.159. The molecule has 17 heavy (non-hydrogen) atoms. The van der Waals surface area contributed by atoms with Crippen LogP contribution in [0.25, 0.3) is 0 Å². The molecular weight excluding hydrogens is 212 g/mol. The van der Waals surface area contributed by atoms with Crippen LogP contribution in [-0.4, -0.2) is 17.6 Å². The molecule has 90 valence electrons. The van der Waals surface area contributed by atoms with Crippen molar-refractivity contribution in [3.8, 4) is 0 Å². The van der Waals surface area contributed by atoms with E-state index >= 15 is 0 Å². The molecule has 1 atom stereocenters. The lowest BCUT2D eigenvalue weighted by Crippen LogP contribution is -2.37. The second kappa shape index (κ2) is 4.49. The summed E-state index contributed by atoms with van der Waals surface area (Å²) in [4.78, 5) is 4.09. The predicted octanol–water partition coefficient (Wildman–Crippen LogP) is 1.60. The van der Waals surface area contributed by atoms with Gasteiger partial charge in [-0.3, -0.25) is 4.98 Å². The Hall–Kier alpha value is -1.97. The first-order valence-electron chi connectivity index (χ1n) is 5.67. The maximum Gasteiger partial charge on any atom is 0.0587 e. The highest BCUT2D eigenvalue weighted by atomic mass is 15.0. The topological polar surface area (TPSA) is 63.0 Å². The van der Waals surface area contributed by atoms with Gasteiger partial charge in [-0.1, -0.05) is 6.08 Å². The minimum Gasteiger partial charge on any atom is -0.400 e. The summed E-state index contributed by atoms with van der Waals surface area (Å²) < 4.78 is 0. The van der Waals surface area contributed by atoms with Crippen molar-refractivity contribution >= 4 is 5.69 Å². The Morgan fingerprint density at radius 1 is 1.47 bits per heavy atom. The monoisotopic (exact) mass is 230 g/mol. The lowest BCUT2D eigenvalue weighted by Gasteiger charge is -2.32. The SMILES string of the molecule is CNC1=C(N)CC(C)(Nc2cccnc2)C=C1. The van der Waals surface area contributed by atoms with Crippen molar-refractivity contribution in [1.29, 1.82) is 0 Å². The number of anilines is 1. The smallest absolute Gasteiger partial charge is 0.0587 e. The molecular formula is C13H18N4. The Kier molecular flexibility index (Phi) is 3.04. The predicted molar refractivity (Wildman–Crippen MR) is 70.3 cm³/mol. The van der Waals surface area contributed by atoms with E-state index in [2.05, 4.69) is 28.6 Å². The van der Waals surface area contributed by atoms with Gasteiger partial charge in [0.05, 0.1) is 16.9 Å². The third kappa shape index (κ3) is 2.58. The zero-order chi connectivity index (χ0) is 12.3.